The lowest BCUT2D eigenvalue weighted by atomic mass is 9.98. The van der Waals surface area contributed by atoms with Crippen molar-refractivity contribution in [3.63, 3.8) is 0 Å². The number of hydrogen-bond acceptors (Lipinski definition) is 3. The van der Waals surface area contributed by atoms with Crippen molar-refractivity contribution < 1.29 is 0 Å². The van der Waals surface area contributed by atoms with E-state index in [-0.39, 0.29) is 0 Å². The Morgan fingerprint density at radius 3 is 3.05 bits per heavy atom. The summed E-state index contributed by atoms with van der Waals surface area (Å²) < 4.78 is 0. The second-order valence-corrected chi connectivity index (χ2v) is 5.34. The maximum Gasteiger partial charge on any atom is 0.203 e. The van der Waals surface area contributed by atoms with E-state index in [4.69, 9.17) is 4.98 Å². The van der Waals surface area contributed by atoms with Gasteiger partial charge in [-0.3, -0.25) is 0 Å². The molecule has 20 heavy (non-hydrogen) atoms. The van der Waals surface area contributed by atoms with E-state index in [1.807, 2.05) is 30.6 Å². The number of benzene rings is 1. The molecule has 1 fully saturated rings. The summed E-state index contributed by atoms with van der Waals surface area (Å²) in [5.74, 6) is 2.53. The zero-order chi connectivity index (χ0) is 13.4. The minimum atomic E-state index is 0.465. The van der Waals surface area contributed by atoms with Crippen LogP contribution >= 0.6 is 0 Å². The summed E-state index contributed by atoms with van der Waals surface area (Å²) in [7, 11) is 0. The topological polar surface area (TPSA) is 60.6 Å². The maximum absolute atomic E-state index is 4.69. The number of para-hydroxylation sites is 2. The first-order chi connectivity index (χ1) is 9.90. The molecule has 5 heteroatoms. The summed E-state index contributed by atoms with van der Waals surface area (Å²) in [5, 5.41) is 0. The van der Waals surface area contributed by atoms with Crippen molar-refractivity contribution in [3.05, 3.63) is 42.5 Å². The molecule has 4 rings (SSSR count). The van der Waals surface area contributed by atoms with Gasteiger partial charge in [0.05, 0.1) is 11.0 Å². The smallest absolute Gasteiger partial charge is 0.203 e. The summed E-state index contributed by atoms with van der Waals surface area (Å²) >= 11 is 0. The average molecular weight is 267 g/mol. The molecule has 1 saturated heterocycles. The van der Waals surface area contributed by atoms with Gasteiger partial charge in [0.25, 0.3) is 0 Å². The van der Waals surface area contributed by atoms with Gasteiger partial charge in [0.1, 0.15) is 5.82 Å². The van der Waals surface area contributed by atoms with Gasteiger partial charge in [-0.25, -0.2) is 9.97 Å². The summed E-state index contributed by atoms with van der Waals surface area (Å²) in [6.07, 6.45) is 6.08. The number of rotatable bonds is 2. The molecule has 3 heterocycles. The lowest BCUT2D eigenvalue weighted by Crippen LogP contribution is -2.35. The molecule has 5 nitrogen and oxygen atoms in total. The molecule has 1 aliphatic heterocycles. The Hall–Kier alpha value is -2.30. The average Bonchev–Trinajstić information content (AvgIpc) is 3.16. The van der Waals surface area contributed by atoms with Crippen molar-refractivity contribution in [1.82, 2.24) is 19.9 Å². The normalized spacial score (nSPS) is 19.6. The number of nitrogens with one attached hydrogen (secondary N) is 2. The first kappa shape index (κ1) is 11.5. The molecule has 102 valence electrons. The zero-order valence-electron chi connectivity index (χ0n) is 11.2. The third kappa shape index (κ3) is 1.95. The van der Waals surface area contributed by atoms with Gasteiger partial charge in [-0.1, -0.05) is 12.1 Å². The van der Waals surface area contributed by atoms with Crippen LogP contribution in [0.4, 0.5) is 5.95 Å². The van der Waals surface area contributed by atoms with E-state index < -0.39 is 0 Å². The monoisotopic (exact) mass is 267 g/mol. The first-order valence-electron chi connectivity index (χ1n) is 7.09. The van der Waals surface area contributed by atoms with E-state index >= 15 is 0 Å². The quantitative estimate of drug-likeness (QED) is 0.750. The maximum atomic E-state index is 4.69. The fourth-order valence-electron chi connectivity index (χ4n) is 2.98. The summed E-state index contributed by atoms with van der Waals surface area (Å²) in [5.41, 5.74) is 2.13. The van der Waals surface area contributed by atoms with Gasteiger partial charge >= 0.3 is 0 Å². The van der Waals surface area contributed by atoms with Crippen LogP contribution in [0.3, 0.4) is 0 Å². The second kappa shape index (κ2) is 4.67. The largest absolute Gasteiger partial charge is 0.348 e. The van der Waals surface area contributed by atoms with Gasteiger partial charge in [-0.2, -0.15) is 0 Å². The number of fused-ring (bicyclic) bond motifs is 1. The van der Waals surface area contributed by atoms with E-state index in [2.05, 4.69) is 25.9 Å². The van der Waals surface area contributed by atoms with Gasteiger partial charge in [-0.15, -0.1) is 0 Å². The van der Waals surface area contributed by atoms with Gasteiger partial charge < -0.3 is 14.9 Å². The predicted molar refractivity (Wildman–Crippen MR) is 78.9 cm³/mol. The van der Waals surface area contributed by atoms with Crippen LogP contribution in [0.15, 0.2) is 36.7 Å². The van der Waals surface area contributed by atoms with Gasteiger partial charge in [0.2, 0.25) is 5.95 Å². The van der Waals surface area contributed by atoms with E-state index in [1.165, 1.54) is 12.8 Å². The number of anilines is 1. The molecule has 1 aromatic carbocycles. The molecule has 0 radical (unpaired) electrons. The Labute approximate surface area is 117 Å². The molecule has 2 N–H and O–H groups in total. The van der Waals surface area contributed by atoms with Crippen molar-refractivity contribution in [2.75, 3.05) is 18.0 Å². The molecule has 0 saturated carbocycles. The van der Waals surface area contributed by atoms with E-state index in [9.17, 15) is 0 Å². The highest BCUT2D eigenvalue weighted by molar-refractivity contribution is 5.77. The molecule has 0 amide bonds. The van der Waals surface area contributed by atoms with Crippen molar-refractivity contribution in [1.29, 1.82) is 0 Å². The van der Waals surface area contributed by atoms with Crippen LogP contribution < -0.4 is 4.90 Å². The highest BCUT2D eigenvalue weighted by Crippen LogP contribution is 2.27. The summed E-state index contributed by atoms with van der Waals surface area (Å²) in [6.45, 7) is 2.02. The van der Waals surface area contributed by atoms with Crippen LogP contribution in [0.25, 0.3) is 11.0 Å². The Balaban J connectivity index is 1.61. The SMILES string of the molecule is c1ccc2[nH]c(N3CCCC(c4ncc[nH]4)C3)nc2c1. The van der Waals surface area contributed by atoms with E-state index in [0.717, 1.165) is 35.9 Å². The molecule has 1 aliphatic rings. The van der Waals surface area contributed by atoms with Crippen molar-refractivity contribution in [2.45, 2.75) is 18.8 Å². The fourth-order valence-corrected chi connectivity index (χ4v) is 2.98. The van der Waals surface area contributed by atoms with Crippen molar-refractivity contribution in [2.24, 2.45) is 0 Å². The Kier molecular flexibility index (Phi) is 2.69. The first-order valence-corrected chi connectivity index (χ1v) is 7.09. The molecule has 0 bridgehead atoms. The van der Waals surface area contributed by atoms with Crippen LogP contribution in [0, 0.1) is 0 Å². The summed E-state index contributed by atoms with van der Waals surface area (Å²) in [6, 6.07) is 8.17. The Morgan fingerprint density at radius 2 is 2.20 bits per heavy atom. The lowest BCUT2D eigenvalue weighted by molar-refractivity contribution is 0.489. The fraction of sp³-hybridized carbons (Fsp3) is 0.333. The third-order valence-corrected chi connectivity index (χ3v) is 4.00. The Morgan fingerprint density at radius 1 is 1.25 bits per heavy atom. The molecule has 2 aromatic heterocycles. The third-order valence-electron chi connectivity index (χ3n) is 4.00. The number of hydrogen-bond donors (Lipinski definition) is 2. The second-order valence-electron chi connectivity index (χ2n) is 5.34. The van der Waals surface area contributed by atoms with Gasteiger partial charge in [0, 0.05) is 31.4 Å². The highest BCUT2D eigenvalue weighted by Gasteiger charge is 2.24. The van der Waals surface area contributed by atoms with Gasteiger partial charge in [0.15, 0.2) is 0 Å². The number of piperidine rings is 1. The number of aromatic nitrogens is 4. The molecular formula is C15H17N5. The van der Waals surface area contributed by atoms with Gasteiger partial charge in [-0.05, 0) is 25.0 Å². The van der Waals surface area contributed by atoms with Crippen LogP contribution in [-0.4, -0.2) is 33.0 Å². The van der Waals surface area contributed by atoms with Crippen LogP contribution in [0.2, 0.25) is 0 Å². The van der Waals surface area contributed by atoms with Crippen LogP contribution in [0.5, 0.6) is 0 Å². The van der Waals surface area contributed by atoms with Crippen molar-refractivity contribution >= 4 is 17.0 Å². The highest BCUT2D eigenvalue weighted by atomic mass is 15.3. The van der Waals surface area contributed by atoms with Crippen LogP contribution in [-0.2, 0) is 0 Å². The lowest BCUT2D eigenvalue weighted by Gasteiger charge is -2.31. The van der Waals surface area contributed by atoms with E-state index in [1.54, 1.807) is 0 Å². The van der Waals surface area contributed by atoms with Crippen molar-refractivity contribution in [3.8, 4) is 0 Å². The molecular weight excluding hydrogens is 250 g/mol. The zero-order valence-corrected chi connectivity index (χ0v) is 11.2. The molecule has 3 aromatic rings. The Bertz CT molecular complexity index is 667. The summed E-state index contributed by atoms with van der Waals surface area (Å²) in [4.78, 5) is 18.1. The molecule has 1 atom stereocenters. The molecule has 0 spiro atoms. The minimum absolute atomic E-state index is 0.465. The number of imidazole rings is 2. The van der Waals surface area contributed by atoms with E-state index in [0.29, 0.717) is 5.92 Å². The number of aromatic amines is 2. The minimum Gasteiger partial charge on any atom is -0.348 e. The van der Waals surface area contributed by atoms with Crippen LogP contribution in [0.1, 0.15) is 24.6 Å². The number of H-pyrrole nitrogens is 2. The molecule has 1 unspecified atom stereocenters. The number of nitrogens with zero attached hydrogens (tertiary/aromatic N) is 3. The predicted octanol–water partition coefficient (Wildman–Crippen LogP) is 2.67. The molecule has 0 aliphatic carbocycles. The standard InChI is InChI=1S/C15H17N5/c1-2-6-13-12(5-1)18-15(19-13)20-9-3-4-11(10-20)14-16-7-8-17-14/h1-2,5-8,11H,3-4,9-10H2,(H,16,17)(H,18,19).